The molecule has 0 bridgehead atoms. The van der Waals surface area contributed by atoms with Gasteiger partial charge in [0.1, 0.15) is 5.75 Å². The molecule has 0 saturated carbocycles. The van der Waals surface area contributed by atoms with Gasteiger partial charge < -0.3 is 9.64 Å². The monoisotopic (exact) mass is 339 g/mol. The molecule has 0 unspecified atom stereocenters. The van der Waals surface area contributed by atoms with Gasteiger partial charge in [-0.1, -0.05) is 22.0 Å². The van der Waals surface area contributed by atoms with Crippen LogP contribution in [-0.4, -0.2) is 31.0 Å². The van der Waals surface area contributed by atoms with Crippen molar-refractivity contribution in [1.29, 1.82) is 0 Å². The van der Waals surface area contributed by atoms with Crippen molar-refractivity contribution in [2.24, 2.45) is 5.92 Å². The van der Waals surface area contributed by atoms with Crippen LogP contribution in [0.25, 0.3) is 0 Å². The molecule has 1 heterocycles. The summed E-state index contributed by atoms with van der Waals surface area (Å²) in [5.41, 5.74) is 0. The number of benzene rings is 1. The Hall–Kier alpha value is -0.870. The number of nitrogens with zero attached hydrogens (tertiary/aromatic N) is 1. The van der Waals surface area contributed by atoms with Gasteiger partial charge in [-0.2, -0.15) is 0 Å². The molecule has 1 saturated heterocycles. The van der Waals surface area contributed by atoms with Crippen molar-refractivity contribution in [3.05, 3.63) is 28.7 Å². The van der Waals surface area contributed by atoms with E-state index in [0.29, 0.717) is 12.2 Å². The lowest BCUT2D eigenvalue weighted by molar-refractivity contribution is -0.134. The third-order valence-corrected chi connectivity index (χ3v) is 4.35. The molecule has 1 aromatic carbocycles. The largest absolute Gasteiger partial charge is 0.426 e. The lowest BCUT2D eigenvalue weighted by Crippen LogP contribution is -2.30. The van der Waals surface area contributed by atoms with E-state index in [0.717, 1.165) is 23.2 Å². The summed E-state index contributed by atoms with van der Waals surface area (Å²) in [6, 6.07) is 7.40. The van der Waals surface area contributed by atoms with E-state index in [1.165, 1.54) is 25.9 Å². The first-order valence-electron chi connectivity index (χ1n) is 7.28. The molecule has 1 aromatic rings. The first kappa shape index (κ1) is 15.5. The summed E-state index contributed by atoms with van der Waals surface area (Å²) < 4.78 is 6.25. The highest BCUT2D eigenvalue weighted by molar-refractivity contribution is 9.10. The Kier molecular flexibility index (Phi) is 6.05. The Morgan fingerprint density at radius 2 is 2.15 bits per heavy atom. The minimum atomic E-state index is -0.129. The maximum atomic E-state index is 11.8. The summed E-state index contributed by atoms with van der Waals surface area (Å²) in [6.45, 7) is 2.38. The predicted molar refractivity (Wildman–Crippen MR) is 83.8 cm³/mol. The van der Waals surface area contributed by atoms with Crippen LogP contribution in [0.4, 0.5) is 0 Å². The first-order valence-corrected chi connectivity index (χ1v) is 8.07. The highest BCUT2D eigenvalue weighted by Crippen LogP contribution is 2.22. The SMILES string of the molecule is CN1CCC(CCCC(=O)Oc2cccc(Br)c2)CC1. The molecule has 1 aliphatic rings. The van der Waals surface area contributed by atoms with Gasteiger partial charge in [0, 0.05) is 10.9 Å². The van der Waals surface area contributed by atoms with E-state index in [-0.39, 0.29) is 5.97 Å². The van der Waals surface area contributed by atoms with Crippen LogP contribution >= 0.6 is 15.9 Å². The van der Waals surface area contributed by atoms with Gasteiger partial charge in [0.05, 0.1) is 0 Å². The average Bonchev–Trinajstić information content (AvgIpc) is 2.41. The van der Waals surface area contributed by atoms with Crippen LogP contribution in [0.15, 0.2) is 28.7 Å². The molecular formula is C16H22BrNO2. The fourth-order valence-corrected chi connectivity index (χ4v) is 2.98. The quantitative estimate of drug-likeness (QED) is 0.602. The van der Waals surface area contributed by atoms with Crippen LogP contribution in [0.2, 0.25) is 0 Å². The number of esters is 1. The van der Waals surface area contributed by atoms with Crippen LogP contribution in [-0.2, 0) is 4.79 Å². The summed E-state index contributed by atoms with van der Waals surface area (Å²) in [5.74, 6) is 1.27. The number of hydrogen-bond donors (Lipinski definition) is 0. The second kappa shape index (κ2) is 7.79. The first-order chi connectivity index (χ1) is 9.63. The lowest BCUT2D eigenvalue weighted by atomic mass is 9.92. The molecule has 0 aromatic heterocycles. The number of piperidine rings is 1. The van der Waals surface area contributed by atoms with E-state index in [1.54, 1.807) is 6.07 Å². The van der Waals surface area contributed by atoms with E-state index in [1.807, 2.05) is 18.2 Å². The van der Waals surface area contributed by atoms with E-state index >= 15 is 0 Å². The summed E-state index contributed by atoms with van der Waals surface area (Å²) in [4.78, 5) is 14.1. The number of hydrogen-bond acceptors (Lipinski definition) is 3. The van der Waals surface area contributed by atoms with Gasteiger partial charge in [-0.15, -0.1) is 0 Å². The van der Waals surface area contributed by atoms with E-state index < -0.39 is 0 Å². The van der Waals surface area contributed by atoms with Crippen LogP contribution in [0.3, 0.4) is 0 Å². The van der Waals surface area contributed by atoms with Crippen LogP contribution < -0.4 is 4.74 Å². The molecule has 0 spiro atoms. The van der Waals surface area contributed by atoms with Crippen LogP contribution in [0.5, 0.6) is 5.75 Å². The number of rotatable bonds is 5. The summed E-state index contributed by atoms with van der Waals surface area (Å²) in [6.07, 6.45) is 5.11. The molecule has 0 radical (unpaired) electrons. The van der Waals surface area contributed by atoms with Crippen LogP contribution in [0, 0.1) is 5.92 Å². The molecule has 0 aliphatic carbocycles. The van der Waals surface area contributed by atoms with Gasteiger partial charge in [-0.3, -0.25) is 4.79 Å². The standard InChI is InChI=1S/C16H22BrNO2/c1-18-10-8-13(9-11-18)4-2-7-16(19)20-15-6-3-5-14(17)12-15/h3,5-6,12-13H,2,4,7-11H2,1H3. The molecule has 0 amide bonds. The number of ether oxygens (including phenoxy) is 1. The topological polar surface area (TPSA) is 29.5 Å². The zero-order valence-corrected chi connectivity index (χ0v) is 13.6. The maximum Gasteiger partial charge on any atom is 0.311 e. The summed E-state index contributed by atoms with van der Waals surface area (Å²) >= 11 is 3.37. The molecular weight excluding hydrogens is 318 g/mol. The normalized spacial score (nSPS) is 17.1. The van der Waals surface area contributed by atoms with Crippen molar-refractivity contribution >= 4 is 21.9 Å². The second-order valence-electron chi connectivity index (χ2n) is 5.57. The molecule has 4 heteroatoms. The van der Waals surface area contributed by atoms with Crippen molar-refractivity contribution in [2.75, 3.05) is 20.1 Å². The van der Waals surface area contributed by atoms with Gasteiger partial charge in [-0.25, -0.2) is 0 Å². The van der Waals surface area contributed by atoms with Crippen molar-refractivity contribution in [3.63, 3.8) is 0 Å². The lowest BCUT2D eigenvalue weighted by Gasteiger charge is -2.28. The predicted octanol–water partition coefficient (Wildman–Crippen LogP) is 3.87. The van der Waals surface area contributed by atoms with Crippen molar-refractivity contribution in [3.8, 4) is 5.75 Å². The summed E-state index contributed by atoms with van der Waals surface area (Å²) in [5, 5.41) is 0. The Labute approximate surface area is 129 Å². The van der Waals surface area contributed by atoms with E-state index in [9.17, 15) is 4.79 Å². The van der Waals surface area contributed by atoms with Gasteiger partial charge in [0.25, 0.3) is 0 Å². The van der Waals surface area contributed by atoms with Gasteiger partial charge in [0.2, 0.25) is 0 Å². The van der Waals surface area contributed by atoms with Crippen molar-refractivity contribution in [2.45, 2.75) is 32.1 Å². The third-order valence-electron chi connectivity index (χ3n) is 3.86. The number of carbonyl (C=O) groups is 1. The highest BCUT2D eigenvalue weighted by atomic mass is 79.9. The smallest absolute Gasteiger partial charge is 0.311 e. The van der Waals surface area contributed by atoms with Gasteiger partial charge in [0.15, 0.2) is 0 Å². The minimum Gasteiger partial charge on any atom is -0.426 e. The Morgan fingerprint density at radius 3 is 2.85 bits per heavy atom. The highest BCUT2D eigenvalue weighted by Gasteiger charge is 2.16. The molecule has 110 valence electrons. The fourth-order valence-electron chi connectivity index (χ4n) is 2.60. The van der Waals surface area contributed by atoms with E-state index in [2.05, 4.69) is 27.9 Å². The van der Waals surface area contributed by atoms with Gasteiger partial charge >= 0.3 is 5.97 Å². The zero-order valence-electron chi connectivity index (χ0n) is 12.0. The molecule has 20 heavy (non-hydrogen) atoms. The maximum absolute atomic E-state index is 11.8. The number of likely N-dealkylation sites (tertiary alicyclic amines) is 1. The molecule has 1 aliphatic heterocycles. The Morgan fingerprint density at radius 1 is 1.40 bits per heavy atom. The number of carbonyl (C=O) groups excluding carboxylic acids is 1. The molecule has 3 nitrogen and oxygen atoms in total. The summed E-state index contributed by atoms with van der Waals surface area (Å²) in [7, 11) is 2.17. The minimum absolute atomic E-state index is 0.129. The average molecular weight is 340 g/mol. The van der Waals surface area contributed by atoms with Crippen molar-refractivity contribution in [1.82, 2.24) is 4.90 Å². The molecule has 0 N–H and O–H groups in total. The zero-order chi connectivity index (χ0) is 14.4. The molecule has 2 rings (SSSR count). The van der Waals surface area contributed by atoms with Crippen LogP contribution in [0.1, 0.15) is 32.1 Å². The Balaban J connectivity index is 1.65. The van der Waals surface area contributed by atoms with Crippen molar-refractivity contribution < 1.29 is 9.53 Å². The number of halogens is 1. The molecule has 0 atom stereocenters. The third kappa shape index (κ3) is 5.25. The van der Waals surface area contributed by atoms with Gasteiger partial charge in [-0.05, 0) is 69.9 Å². The molecule has 1 fully saturated rings. The van der Waals surface area contributed by atoms with E-state index in [4.69, 9.17) is 4.74 Å². The Bertz CT molecular complexity index is 442. The second-order valence-corrected chi connectivity index (χ2v) is 6.49. The fraction of sp³-hybridized carbons (Fsp3) is 0.562.